The van der Waals surface area contributed by atoms with Crippen LogP contribution >= 0.6 is 11.8 Å². The molecule has 2 aromatic rings. The van der Waals surface area contributed by atoms with E-state index in [4.69, 9.17) is 10.2 Å². The second-order valence-electron chi connectivity index (χ2n) is 3.72. The molecule has 4 heteroatoms. The molecule has 17 heavy (non-hydrogen) atoms. The summed E-state index contributed by atoms with van der Waals surface area (Å²) < 4.78 is 19.1. The Morgan fingerprint density at radius 3 is 2.71 bits per heavy atom. The minimum absolute atomic E-state index is 0.191. The Morgan fingerprint density at radius 2 is 2.06 bits per heavy atom. The molecule has 1 aromatic carbocycles. The van der Waals surface area contributed by atoms with Crippen LogP contribution in [-0.2, 0) is 12.3 Å². The van der Waals surface area contributed by atoms with E-state index >= 15 is 0 Å². The standard InChI is InChI=1S/C13H14FNOS/c1-9-12(5-6-16-9)17-8-11-4-2-3-10(7-15)13(11)14/h2-6H,7-8,15H2,1H3. The molecule has 0 aliphatic rings. The van der Waals surface area contributed by atoms with Gasteiger partial charge in [0, 0.05) is 22.8 Å². The number of rotatable bonds is 4. The van der Waals surface area contributed by atoms with Gasteiger partial charge in [-0.25, -0.2) is 4.39 Å². The van der Waals surface area contributed by atoms with Crippen LogP contribution in [0.15, 0.2) is 39.8 Å². The summed E-state index contributed by atoms with van der Waals surface area (Å²) in [6.45, 7) is 2.13. The quantitative estimate of drug-likeness (QED) is 0.846. The minimum atomic E-state index is -0.191. The molecule has 0 saturated carbocycles. The third-order valence-electron chi connectivity index (χ3n) is 2.57. The maximum atomic E-state index is 13.9. The van der Waals surface area contributed by atoms with Crippen molar-refractivity contribution in [2.24, 2.45) is 5.73 Å². The Kier molecular flexibility index (Phi) is 3.86. The van der Waals surface area contributed by atoms with Gasteiger partial charge in [-0.15, -0.1) is 11.8 Å². The molecule has 0 aliphatic heterocycles. The van der Waals surface area contributed by atoms with Crippen molar-refractivity contribution in [3.8, 4) is 0 Å². The Labute approximate surface area is 104 Å². The molecule has 0 atom stereocenters. The third-order valence-corrected chi connectivity index (χ3v) is 3.76. The summed E-state index contributed by atoms with van der Waals surface area (Å²) in [5.41, 5.74) is 6.71. The summed E-state index contributed by atoms with van der Waals surface area (Å²) in [4.78, 5) is 1.04. The molecule has 0 amide bonds. The lowest BCUT2D eigenvalue weighted by Gasteiger charge is -2.06. The van der Waals surface area contributed by atoms with E-state index in [2.05, 4.69) is 0 Å². The van der Waals surface area contributed by atoms with Crippen LogP contribution in [0.25, 0.3) is 0 Å². The Balaban J connectivity index is 2.12. The predicted octanol–water partition coefficient (Wildman–Crippen LogP) is 3.48. The summed E-state index contributed by atoms with van der Waals surface area (Å²) in [7, 11) is 0. The first-order valence-corrected chi connectivity index (χ1v) is 6.34. The van der Waals surface area contributed by atoms with Crippen LogP contribution in [0.2, 0.25) is 0 Å². The first kappa shape index (κ1) is 12.2. The van der Waals surface area contributed by atoms with Crippen molar-refractivity contribution >= 4 is 11.8 Å². The van der Waals surface area contributed by atoms with Crippen molar-refractivity contribution < 1.29 is 8.81 Å². The smallest absolute Gasteiger partial charge is 0.131 e. The normalized spacial score (nSPS) is 10.8. The van der Waals surface area contributed by atoms with Gasteiger partial charge in [-0.3, -0.25) is 0 Å². The molecule has 0 saturated heterocycles. The highest BCUT2D eigenvalue weighted by molar-refractivity contribution is 7.98. The van der Waals surface area contributed by atoms with Crippen LogP contribution in [-0.4, -0.2) is 0 Å². The van der Waals surface area contributed by atoms with Crippen LogP contribution in [0.1, 0.15) is 16.9 Å². The fourth-order valence-electron chi connectivity index (χ4n) is 1.58. The fourth-order valence-corrected chi connectivity index (χ4v) is 2.52. The largest absolute Gasteiger partial charge is 0.468 e. The van der Waals surface area contributed by atoms with Gasteiger partial charge in [0.1, 0.15) is 11.6 Å². The lowest BCUT2D eigenvalue weighted by Crippen LogP contribution is -2.02. The molecule has 2 nitrogen and oxygen atoms in total. The SMILES string of the molecule is Cc1occc1SCc1cccc(CN)c1F. The van der Waals surface area contributed by atoms with Gasteiger partial charge in [-0.1, -0.05) is 18.2 Å². The van der Waals surface area contributed by atoms with E-state index in [1.807, 2.05) is 19.1 Å². The molecule has 0 fully saturated rings. The molecule has 0 radical (unpaired) electrons. The first-order chi connectivity index (χ1) is 8.22. The summed E-state index contributed by atoms with van der Waals surface area (Å²) in [5.74, 6) is 1.26. The van der Waals surface area contributed by atoms with E-state index < -0.39 is 0 Å². The maximum absolute atomic E-state index is 13.9. The zero-order chi connectivity index (χ0) is 12.3. The Morgan fingerprint density at radius 1 is 1.29 bits per heavy atom. The lowest BCUT2D eigenvalue weighted by atomic mass is 10.1. The van der Waals surface area contributed by atoms with Gasteiger partial charge < -0.3 is 10.2 Å². The average Bonchev–Trinajstić information content (AvgIpc) is 2.74. The van der Waals surface area contributed by atoms with Crippen LogP contribution < -0.4 is 5.73 Å². The monoisotopic (exact) mass is 251 g/mol. The summed E-state index contributed by atoms with van der Waals surface area (Å²) in [6.07, 6.45) is 1.64. The van der Waals surface area contributed by atoms with Gasteiger partial charge in [0.2, 0.25) is 0 Å². The minimum Gasteiger partial charge on any atom is -0.468 e. The second kappa shape index (κ2) is 5.38. The van der Waals surface area contributed by atoms with E-state index in [1.165, 1.54) is 0 Å². The Bertz CT molecular complexity index is 510. The molecule has 1 aromatic heterocycles. The molecule has 0 bridgehead atoms. The van der Waals surface area contributed by atoms with Gasteiger partial charge in [-0.05, 0) is 18.6 Å². The molecule has 2 N–H and O–H groups in total. The van der Waals surface area contributed by atoms with E-state index in [1.54, 1.807) is 30.2 Å². The highest BCUT2D eigenvalue weighted by Gasteiger charge is 2.08. The molecule has 0 unspecified atom stereocenters. The zero-order valence-electron chi connectivity index (χ0n) is 9.57. The van der Waals surface area contributed by atoms with Crippen molar-refractivity contribution in [2.75, 3.05) is 0 Å². The highest BCUT2D eigenvalue weighted by Crippen LogP contribution is 2.28. The predicted molar refractivity (Wildman–Crippen MR) is 67.3 cm³/mol. The number of furan rings is 1. The fraction of sp³-hybridized carbons (Fsp3) is 0.231. The summed E-state index contributed by atoms with van der Waals surface area (Å²) in [5, 5.41) is 0. The molecular formula is C13H14FNOS. The molecular weight excluding hydrogens is 237 g/mol. The van der Waals surface area contributed by atoms with Crippen LogP contribution in [0.4, 0.5) is 4.39 Å². The number of nitrogens with two attached hydrogens (primary N) is 1. The topological polar surface area (TPSA) is 39.2 Å². The Hall–Kier alpha value is -1.26. The highest BCUT2D eigenvalue weighted by atomic mass is 32.2. The van der Waals surface area contributed by atoms with Crippen LogP contribution in [0, 0.1) is 12.7 Å². The summed E-state index contributed by atoms with van der Waals surface area (Å²) in [6, 6.07) is 7.23. The number of hydrogen-bond acceptors (Lipinski definition) is 3. The van der Waals surface area contributed by atoms with Gasteiger partial charge in [0.15, 0.2) is 0 Å². The number of hydrogen-bond donors (Lipinski definition) is 1. The van der Waals surface area contributed by atoms with Gasteiger partial charge in [-0.2, -0.15) is 0 Å². The van der Waals surface area contributed by atoms with E-state index in [0.29, 0.717) is 16.9 Å². The maximum Gasteiger partial charge on any atom is 0.131 e. The van der Waals surface area contributed by atoms with Crippen molar-refractivity contribution in [3.05, 3.63) is 53.2 Å². The van der Waals surface area contributed by atoms with Gasteiger partial charge >= 0.3 is 0 Å². The second-order valence-corrected chi connectivity index (χ2v) is 4.74. The van der Waals surface area contributed by atoms with E-state index in [9.17, 15) is 4.39 Å². The van der Waals surface area contributed by atoms with Crippen molar-refractivity contribution in [1.82, 2.24) is 0 Å². The van der Waals surface area contributed by atoms with Crippen molar-refractivity contribution in [2.45, 2.75) is 24.1 Å². The van der Waals surface area contributed by atoms with Gasteiger partial charge in [0.25, 0.3) is 0 Å². The average molecular weight is 251 g/mol. The number of benzene rings is 1. The van der Waals surface area contributed by atoms with Crippen molar-refractivity contribution in [3.63, 3.8) is 0 Å². The summed E-state index contributed by atoms with van der Waals surface area (Å²) >= 11 is 1.57. The molecule has 90 valence electrons. The van der Waals surface area contributed by atoms with Crippen molar-refractivity contribution in [1.29, 1.82) is 0 Å². The van der Waals surface area contributed by atoms with Crippen LogP contribution in [0.5, 0.6) is 0 Å². The number of halogens is 1. The van der Waals surface area contributed by atoms with Crippen LogP contribution in [0.3, 0.4) is 0 Å². The number of aryl methyl sites for hydroxylation is 1. The molecule has 0 spiro atoms. The molecule has 2 rings (SSSR count). The first-order valence-electron chi connectivity index (χ1n) is 5.35. The zero-order valence-corrected chi connectivity index (χ0v) is 10.4. The molecule has 1 heterocycles. The van der Waals surface area contributed by atoms with E-state index in [0.717, 1.165) is 10.7 Å². The number of thioether (sulfide) groups is 1. The third kappa shape index (κ3) is 2.70. The van der Waals surface area contributed by atoms with E-state index in [-0.39, 0.29) is 12.4 Å². The molecule has 0 aliphatic carbocycles. The van der Waals surface area contributed by atoms with Gasteiger partial charge in [0.05, 0.1) is 6.26 Å². The lowest BCUT2D eigenvalue weighted by molar-refractivity contribution is 0.527.